The first-order valence-corrected chi connectivity index (χ1v) is 13.1. The minimum absolute atomic E-state index is 0.0880. The van der Waals surface area contributed by atoms with Gasteiger partial charge in [0.2, 0.25) is 0 Å². The van der Waals surface area contributed by atoms with Gasteiger partial charge in [0, 0.05) is 17.8 Å². The van der Waals surface area contributed by atoms with Gasteiger partial charge < -0.3 is 10.1 Å². The number of hydrogen-bond acceptors (Lipinski definition) is 5. The summed E-state index contributed by atoms with van der Waals surface area (Å²) in [7, 11) is -3.73. The number of halogens is 1. The zero-order valence-electron chi connectivity index (χ0n) is 18.6. The maximum absolute atomic E-state index is 13.1. The highest BCUT2D eigenvalue weighted by molar-refractivity contribution is 9.10. The largest absolute Gasteiger partial charge is 0.493 e. The first-order chi connectivity index (χ1) is 16.3. The predicted molar refractivity (Wildman–Crippen MR) is 142 cm³/mol. The Bertz CT molecular complexity index is 1270. The van der Waals surface area contributed by atoms with Gasteiger partial charge in [0.15, 0.2) is 5.11 Å². The molecule has 0 spiro atoms. The average molecular weight is 563 g/mol. The Morgan fingerprint density at radius 2 is 1.71 bits per heavy atom. The summed E-state index contributed by atoms with van der Waals surface area (Å²) in [4.78, 5) is 12.7. The summed E-state index contributed by atoms with van der Waals surface area (Å²) < 4.78 is 33.7. The number of thiocarbonyl (C=S) groups is 1. The summed E-state index contributed by atoms with van der Waals surface area (Å²) >= 11 is 8.62. The van der Waals surface area contributed by atoms with Crippen LogP contribution in [0, 0.1) is 0 Å². The third-order valence-electron chi connectivity index (χ3n) is 4.75. The topological polar surface area (TPSA) is 87.7 Å². The van der Waals surface area contributed by atoms with E-state index in [4.69, 9.17) is 17.0 Å². The van der Waals surface area contributed by atoms with Gasteiger partial charge in [-0.25, -0.2) is 8.42 Å². The highest BCUT2D eigenvalue weighted by Gasteiger charge is 2.23. The van der Waals surface area contributed by atoms with Crippen molar-refractivity contribution in [2.24, 2.45) is 0 Å². The second-order valence-electron chi connectivity index (χ2n) is 7.02. The molecule has 0 atom stereocenters. The van der Waals surface area contributed by atoms with Crippen molar-refractivity contribution in [2.75, 3.05) is 22.8 Å². The Balaban J connectivity index is 1.66. The molecule has 7 nitrogen and oxygen atoms in total. The smallest absolute Gasteiger partial charge is 0.264 e. The zero-order valence-corrected chi connectivity index (χ0v) is 21.8. The normalized spacial score (nSPS) is 10.9. The van der Waals surface area contributed by atoms with Crippen LogP contribution in [0.2, 0.25) is 0 Å². The number of sulfonamides is 1. The van der Waals surface area contributed by atoms with E-state index in [1.165, 1.54) is 16.4 Å². The molecule has 0 aliphatic carbocycles. The van der Waals surface area contributed by atoms with E-state index >= 15 is 0 Å². The lowest BCUT2D eigenvalue weighted by molar-refractivity contribution is 0.0977. The minimum atomic E-state index is -3.73. The van der Waals surface area contributed by atoms with E-state index in [0.717, 1.165) is 0 Å². The second kappa shape index (κ2) is 11.5. The maximum Gasteiger partial charge on any atom is 0.264 e. The van der Waals surface area contributed by atoms with Crippen molar-refractivity contribution >= 4 is 60.6 Å². The molecule has 0 fully saturated rings. The van der Waals surface area contributed by atoms with Crippen LogP contribution in [0.3, 0.4) is 0 Å². The van der Waals surface area contributed by atoms with Crippen molar-refractivity contribution in [3.63, 3.8) is 0 Å². The fourth-order valence-electron chi connectivity index (χ4n) is 3.18. The Morgan fingerprint density at radius 1 is 1.03 bits per heavy atom. The Labute approximate surface area is 213 Å². The summed E-state index contributed by atoms with van der Waals surface area (Å²) in [5.74, 6) is 0.255. The molecular weight excluding hydrogens is 538 g/mol. The Morgan fingerprint density at radius 3 is 2.29 bits per heavy atom. The number of carbonyl (C=O) groups is 1. The molecule has 2 N–H and O–H groups in total. The molecule has 3 rings (SSSR count). The van der Waals surface area contributed by atoms with Gasteiger partial charge >= 0.3 is 0 Å². The lowest BCUT2D eigenvalue weighted by Crippen LogP contribution is -2.34. The van der Waals surface area contributed by atoms with Crippen molar-refractivity contribution in [1.29, 1.82) is 0 Å². The van der Waals surface area contributed by atoms with Gasteiger partial charge in [0.05, 0.1) is 21.7 Å². The molecule has 0 radical (unpaired) electrons. The van der Waals surface area contributed by atoms with E-state index < -0.39 is 10.0 Å². The van der Waals surface area contributed by atoms with Crippen LogP contribution in [0.4, 0.5) is 11.4 Å². The van der Waals surface area contributed by atoms with E-state index in [1.807, 2.05) is 13.0 Å². The number of para-hydroxylation sites is 1. The number of rotatable bonds is 8. The third-order valence-corrected chi connectivity index (χ3v) is 7.49. The van der Waals surface area contributed by atoms with Gasteiger partial charge in [-0.2, -0.15) is 0 Å². The van der Waals surface area contributed by atoms with Crippen LogP contribution in [0.15, 0.2) is 82.2 Å². The highest BCUT2D eigenvalue weighted by atomic mass is 79.9. The molecule has 0 bridgehead atoms. The number of nitrogens with one attached hydrogen (secondary N) is 2. The number of ether oxygens (including phenoxy) is 1. The molecule has 0 saturated heterocycles. The van der Waals surface area contributed by atoms with Gasteiger partial charge in [-0.05, 0) is 96.6 Å². The molecule has 3 aromatic rings. The molecule has 0 aromatic heterocycles. The van der Waals surface area contributed by atoms with Crippen LogP contribution in [0.5, 0.6) is 5.75 Å². The molecule has 178 valence electrons. The molecule has 0 saturated carbocycles. The van der Waals surface area contributed by atoms with E-state index in [0.29, 0.717) is 40.3 Å². The monoisotopic (exact) mass is 561 g/mol. The minimum Gasteiger partial charge on any atom is -0.493 e. The highest BCUT2D eigenvalue weighted by Crippen LogP contribution is 2.26. The summed E-state index contributed by atoms with van der Waals surface area (Å²) in [6.45, 7) is 4.47. The number of amides is 1. The number of carbonyl (C=O) groups excluding carboxylic acids is 1. The van der Waals surface area contributed by atoms with E-state index in [1.54, 1.807) is 61.5 Å². The molecule has 1 amide bonds. The summed E-state index contributed by atoms with van der Waals surface area (Å²) in [5, 5.41) is 5.60. The van der Waals surface area contributed by atoms with Crippen molar-refractivity contribution < 1.29 is 17.9 Å². The van der Waals surface area contributed by atoms with Crippen LogP contribution < -0.4 is 19.7 Å². The molecule has 34 heavy (non-hydrogen) atoms. The van der Waals surface area contributed by atoms with Crippen molar-refractivity contribution in [3.8, 4) is 5.75 Å². The molecule has 0 heterocycles. The first-order valence-electron chi connectivity index (χ1n) is 10.5. The standard InChI is InChI=1S/C24H24BrN3O4S2/c1-3-28(19-8-6-5-7-9-19)34(30,31)20-13-11-18(12-14-20)26-24(33)27-23(29)17-10-15-22(32-4-2)21(25)16-17/h5-16H,3-4H2,1-2H3,(H2,26,27,29,33). The average Bonchev–Trinajstić information content (AvgIpc) is 2.81. The second-order valence-corrected chi connectivity index (χ2v) is 10.1. The molecule has 0 aliphatic heterocycles. The first kappa shape index (κ1) is 25.7. The van der Waals surface area contributed by atoms with E-state index in [-0.39, 0.29) is 15.9 Å². The van der Waals surface area contributed by atoms with Crippen molar-refractivity contribution in [3.05, 3.63) is 82.8 Å². The third kappa shape index (κ3) is 6.13. The summed E-state index contributed by atoms with van der Waals surface area (Å²) in [5.41, 5.74) is 1.54. The van der Waals surface area contributed by atoms with Crippen LogP contribution in [0.25, 0.3) is 0 Å². The Hall–Kier alpha value is -2.95. The van der Waals surface area contributed by atoms with Crippen LogP contribution in [-0.4, -0.2) is 32.6 Å². The molecule has 3 aromatic carbocycles. The molecule has 10 heteroatoms. The van der Waals surface area contributed by atoms with Gasteiger partial charge in [-0.3, -0.25) is 14.4 Å². The zero-order chi connectivity index (χ0) is 24.7. The van der Waals surface area contributed by atoms with Crippen LogP contribution in [-0.2, 0) is 10.0 Å². The van der Waals surface area contributed by atoms with Crippen molar-refractivity contribution in [1.82, 2.24) is 5.32 Å². The maximum atomic E-state index is 13.1. The fourth-order valence-corrected chi connectivity index (χ4v) is 5.35. The molecular formula is C24H24BrN3O4S2. The number of benzene rings is 3. The van der Waals surface area contributed by atoms with Gasteiger partial charge in [0.25, 0.3) is 15.9 Å². The molecule has 0 aliphatic rings. The number of anilines is 2. The summed E-state index contributed by atoms with van der Waals surface area (Å²) in [6.07, 6.45) is 0. The van der Waals surface area contributed by atoms with Crippen LogP contribution >= 0.6 is 28.1 Å². The SMILES string of the molecule is CCOc1ccc(C(=O)NC(=S)Nc2ccc(S(=O)(=O)N(CC)c3ccccc3)cc2)cc1Br. The van der Waals surface area contributed by atoms with Gasteiger partial charge in [0.1, 0.15) is 5.75 Å². The summed E-state index contributed by atoms with van der Waals surface area (Å²) in [6, 6.07) is 20.1. The fraction of sp³-hybridized carbons (Fsp3) is 0.167. The van der Waals surface area contributed by atoms with E-state index in [9.17, 15) is 13.2 Å². The Kier molecular flexibility index (Phi) is 8.65. The number of nitrogens with zero attached hydrogens (tertiary/aromatic N) is 1. The quantitative estimate of drug-likeness (QED) is 0.368. The van der Waals surface area contributed by atoms with Crippen LogP contribution in [0.1, 0.15) is 24.2 Å². The lowest BCUT2D eigenvalue weighted by Gasteiger charge is -2.23. The van der Waals surface area contributed by atoms with Crippen molar-refractivity contribution in [2.45, 2.75) is 18.7 Å². The number of hydrogen-bond donors (Lipinski definition) is 2. The van der Waals surface area contributed by atoms with E-state index in [2.05, 4.69) is 26.6 Å². The molecule has 0 unspecified atom stereocenters. The van der Waals surface area contributed by atoms with Gasteiger partial charge in [-0.15, -0.1) is 0 Å². The van der Waals surface area contributed by atoms with Gasteiger partial charge in [-0.1, -0.05) is 18.2 Å². The lowest BCUT2D eigenvalue weighted by atomic mass is 10.2. The predicted octanol–water partition coefficient (Wildman–Crippen LogP) is 5.19.